The number of ether oxygens (including phenoxy) is 1. The zero-order valence-corrected chi connectivity index (χ0v) is 21.5. The van der Waals surface area contributed by atoms with E-state index < -0.39 is 11.6 Å². The number of nitrogens with zero attached hydrogens (tertiary/aromatic N) is 4. The number of H-pyrrole nitrogens is 1. The molecule has 2 aliphatic rings. The first-order chi connectivity index (χ1) is 18.5. The molecule has 1 saturated heterocycles. The van der Waals surface area contributed by atoms with E-state index in [9.17, 15) is 9.59 Å². The molecule has 9 nitrogen and oxygen atoms in total. The van der Waals surface area contributed by atoms with Crippen LogP contribution >= 0.6 is 0 Å². The summed E-state index contributed by atoms with van der Waals surface area (Å²) in [5, 5.41) is 11.3. The summed E-state index contributed by atoms with van der Waals surface area (Å²) in [4.78, 5) is 34.8. The predicted molar refractivity (Wildman–Crippen MR) is 144 cm³/mol. The van der Waals surface area contributed by atoms with Crippen molar-refractivity contribution in [2.24, 2.45) is 0 Å². The molecule has 0 aliphatic carbocycles. The number of benzene rings is 2. The van der Waals surface area contributed by atoms with Crippen molar-refractivity contribution in [3.8, 4) is 5.75 Å². The first-order valence-corrected chi connectivity index (χ1v) is 13.0. The van der Waals surface area contributed by atoms with Gasteiger partial charge in [0.1, 0.15) is 0 Å². The molecule has 4 aromatic rings. The summed E-state index contributed by atoms with van der Waals surface area (Å²) in [5.41, 5.74) is 4.30. The Bertz CT molecular complexity index is 1500. The number of hydrogen-bond donors (Lipinski definition) is 2. The Balaban J connectivity index is 1.39. The average molecular weight is 511 g/mol. The molecule has 9 heteroatoms. The van der Waals surface area contributed by atoms with Crippen LogP contribution in [0.5, 0.6) is 5.75 Å². The number of piperidine rings is 1. The normalized spacial score (nSPS) is 21.2. The lowest BCUT2D eigenvalue weighted by atomic mass is 9.75. The van der Waals surface area contributed by atoms with Gasteiger partial charge in [-0.1, -0.05) is 31.2 Å². The predicted octanol–water partition coefficient (Wildman–Crippen LogP) is 5.58. The number of likely N-dealkylation sites (tertiary alicyclic amines) is 1. The van der Waals surface area contributed by atoms with Gasteiger partial charge < -0.3 is 15.0 Å². The van der Waals surface area contributed by atoms with Gasteiger partial charge >= 0.3 is 12.1 Å². The molecule has 0 saturated carbocycles. The lowest BCUT2D eigenvalue weighted by molar-refractivity contribution is 0.0112. The van der Waals surface area contributed by atoms with Crippen LogP contribution in [-0.4, -0.2) is 49.7 Å². The minimum Gasteiger partial charge on any atom is -0.409 e. The first-order valence-electron chi connectivity index (χ1n) is 13.0. The summed E-state index contributed by atoms with van der Waals surface area (Å²) in [6, 6.07) is 15.4. The second-order valence-corrected chi connectivity index (χ2v) is 10.1. The van der Waals surface area contributed by atoms with E-state index in [0.717, 1.165) is 33.3 Å². The van der Waals surface area contributed by atoms with Crippen LogP contribution in [0.1, 0.15) is 42.9 Å². The molecule has 2 aromatic carbocycles. The second-order valence-electron chi connectivity index (χ2n) is 10.1. The molecular weight excluding hydrogens is 480 g/mol. The molecule has 2 atom stereocenters. The lowest BCUT2D eigenvalue weighted by Gasteiger charge is -2.51. The van der Waals surface area contributed by atoms with E-state index in [1.165, 1.54) is 6.20 Å². The minimum absolute atomic E-state index is 0.0638. The molecule has 2 unspecified atom stereocenters. The van der Waals surface area contributed by atoms with E-state index in [1.54, 1.807) is 18.3 Å². The SMILES string of the molecule is CCC1(c2cc(C)c3[nH]ncc3c2)CC(N2Cc3ccccc3NC2=O)CCN1C(=O)Oc1cccnc1. The lowest BCUT2D eigenvalue weighted by Crippen LogP contribution is -2.60. The summed E-state index contributed by atoms with van der Waals surface area (Å²) in [5.74, 6) is 0.401. The quantitative estimate of drug-likeness (QED) is 0.373. The van der Waals surface area contributed by atoms with Crippen LogP contribution in [0.25, 0.3) is 10.9 Å². The summed E-state index contributed by atoms with van der Waals surface area (Å²) in [7, 11) is 0. The van der Waals surface area contributed by atoms with Gasteiger partial charge in [-0.25, -0.2) is 9.59 Å². The van der Waals surface area contributed by atoms with Gasteiger partial charge in [-0.3, -0.25) is 15.0 Å². The maximum atomic E-state index is 13.7. The van der Waals surface area contributed by atoms with Crippen molar-refractivity contribution in [2.75, 3.05) is 11.9 Å². The molecule has 0 bridgehead atoms. The maximum Gasteiger partial charge on any atom is 0.416 e. The fraction of sp³-hybridized carbons (Fsp3) is 0.310. The number of aryl methyl sites for hydroxylation is 1. The third-order valence-corrected chi connectivity index (χ3v) is 8.01. The highest BCUT2D eigenvalue weighted by molar-refractivity contribution is 5.92. The molecule has 2 N–H and O–H groups in total. The number of aromatic nitrogens is 3. The van der Waals surface area contributed by atoms with Crippen molar-refractivity contribution >= 4 is 28.7 Å². The number of rotatable bonds is 4. The van der Waals surface area contributed by atoms with Crippen LogP contribution < -0.4 is 10.1 Å². The van der Waals surface area contributed by atoms with Crippen molar-refractivity contribution in [3.05, 3.63) is 83.8 Å². The maximum absolute atomic E-state index is 13.7. The number of para-hydroxylation sites is 1. The Kier molecular flexibility index (Phi) is 5.98. The highest BCUT2D eigenvalue weighted by Gasteiger charge is 2.48. The second kappa shape index (κ2) is 9.48. The Morgan fingerprint density at radius 2 is 2.05 bits per heavy atom. The van der Waals surface area contributed by atoms with Crippen LogP contribution in [0.15, 0.2) is 67.1 Å². The minimum atomic E-state index is -0.685. The molecule has 1 fully saturated rings. The largest absolute Gasteiger partial charge is 0.416 e. The number of amides is 3. The van der Waals surface area contributed by atoms with Gasteiger partial charge in [-0.05, 0) is 67.1 Å². The van der Waals surface area contributed by atoms with Crippen LogP contribution in [0.4, 0.5) is 15.3 Å². The van der Waals surface area contributed by atoms with Gasteiger partial charge in [-0.2, -0.15) is 5.10 Å². The Morgan fingerprint density at radius 1 is 1.18 bits per heavy atom. The monoisotopic (exact) mass is 510 g/mol. The molecule has 2 aromatic heterocycles. The third kappa shape index (κ3) is 4.04. The molecule has 0 radical (unpaired) electrons. The van der Waals surface area contributed by atoms with Crippen molar-refractivity contribution in [3.63, 3.8) is 0 Å². The van der Waals surface area contributed by atoms with Crippen molar-refractivity contribution in [1.82, 2.24) is 25.0 Å². The summed E-state index contributed by atoms with van der Waals surface area (Å²) in [6.07, 6.45) is 6.45. The molecule has 4 heterocycles. The van der Waals surface area contributed by atoms with Gasteiger partial charge in [0.2, 0.25) is 0 Å². The van der Waals surface area contributed by atoms with Gasteiger partial charge in [0.05, 0.1) is 23.4 Å². The van der Waals surface area contributed by atoms with E-state index in [0.29, 0.717) is 38.1 Å². The molecule has 0 spiro atoms. The number of carbonyl (C=O) groups excluding carboxylic acids is 2. The number of anilines is 1. The van der Waals surface area contributed by atoms with Gasteiger partial charge in [0.25, 0.3) is 0 Å². The van der Waals surface area contributed by atoms with Crippen molar-refractivity contribution in [1.29, 1.82) is 0 Å². The Hall–Kier alpha value is -4.40. The number of nitrogens with one attached hydrogen (secondary N) is 2. The standard InChI is InChI=1S/C29H30N6O3/c1-3-29(22-13-19(2)26-21(14-22)16-31-33-26)15-23(34-18-20-7-4-5-9-25(20)32-27(34)36)10-12-35(29)28(37)38-24-8-6-11-30-17-24/h4-9,11,13-14,16-17,23H,3,10,12,15,18H2,1-2H3,(H,31,33)(H,32,36). The van der Waals surface area contributed by atoms with Gasteiger partial charge in [0, 0.05) is 36.4 Å². The number of fused-ring (bicyclic) bond motifs is 2. The number of carbonyl (C=O) groups is 2. The molecule has 3 amide bonds. The number of hydrogen-bond acceptors (Lipinski definition) is 5. The third-order valence-electron chi connectivity index (χ3n) is 8.01. The first kappa shape index (κ1) is 24.0. The molecule has 38 heavy (non-hydrogen) atoms. The average Bonchev–Trinajstić information content (AvgIpc) is 3.42. The number of aromatic amines is 1. The highest BCUT2D eigenvalue weighted by Crippen LogP contribution is 2.44. The zero-order chi connectivity index (χ0) is 26.3. The highest BCUT2D eigenvalue weighted by atomic mass is 16.6. The topological polar surface area (TPSA) is 103 Å². The summed E-state index contributed by atoms with van der Waals surface area (Å²) in [6.45, 7) is 5.12. The van der Waals surface area contributed by atoms with Crippen LogP contribution in [-0.2, 0) is 12.1 Å². The Morgan fingerprint density at radius 3 is 2.87 bits per heavy atom. The van der Waals surface area contributed by atoms with Crippen LogP contribution in [0, 0.1) is 6.92 Å². The number of urea groups is 1. The van der Waals surface area contributed by atoms with E-state index >= 15 is 0 Å². The van der Waals surface area contributed by atoms with Gasteiger partial charge in [-0.15, -0.1) is 0 Å². The number of pyridine rings is 1. The summed E-state index contributed by atoms with van der Waals surface area (Å²) >= 11 is 0. The molecule has 194 valence electrons. The fourth-order valence-corrected chi connectivity index (χ4v) is 6.02. The van der Waals surface area contributed by atoms with E-state index in [2.05, 4.69) is 39.6 Å². The molecular formula is C29H30N6O3. The van der Waals surface area contributed by atoms with Crippen LogP contribution in [0.3, 0.4) is 0 Å². The van der Waals surface area contributed by atoms with E-state index in [4.69, 9.17) is 4.74 Å². The smallest absolute Gasteiger partial charge is 0.409 e. The van der Waals surface area contributed by atoms with E-state index in [-0.39, 0.29) is 12.1 Å². The van der Waals surface area contributed by atoms with E-state index in [1.807, 2.05) is 47.2 Å². The Labute approximate surface area is 220 Å². The van der Waals surface area contributed by atoms with Crippen LogP contribution in [0.2, 0.25) is 0 Å². The summed E-state index contributed by atoms with van der Waals surface area (Å²) < 4.78 is 5.80. The van der Waals surface area contributed by atoms with Crippen molar-refractivity contribution in [2.45, 2.75) is 51.2 Å². The van der Waals surface area contributed by atoms with Crippen molar-refractivity contribution < 1.29 is 14.3 Å². The fourth-order valence-electron chi connectivity index (χ4n) is 6.02. The molecule has 6 rings (SSSR count). The van der Waals surface area contributed by atoms with Gasteiger partial charge in [0.15, 0.2) is 5.75 Å². The zero-order valence-electron chi connectivity index (χ0n) is 21.5. The molecule has 2 aliphatic heterocycles.